The van der Waals surface area contributed by atoms with Gasteiger partial charge in [-0.25, -0.2) is 9.59 Å². The van der Waals surface area contributed by atoms with Crippen LogP contribution in [0.1, 0.15) is 18.1 Å². The molecule has 2 aromatic rings. The molecule has 0 saturated heterocycles. The van der Waals surface area contributed by atoms with Crippen LogP contribution in [0.5, 0.6) is 11.5 Å². The summed E-state index contributed by atoms with van der Waals surface area (Å²) in [6.45, 7) is 1.27. The summed E-state index contributed by atoms with van der Waals surface area (Å²) in [5.41, 5.74) is 7.21. The summed E-state index contributed by atoms with van der Waals surface area (Å²) in [4.78, 5) is 32.3. The Hall–Kier alpha value is -3.67. The molecule has 0 bridgehead atoms. The summed E-state index contributed by atoms with van der Waals surface area (Å²) >= 11 is 0. The maximum atomic E-state index is 11.0. The van der Waals surface area contributed by atoms with Crippen molar-refractivity contribution in [1.29, 1.82) is 0 Å². The summed E-state index contributed by atoms with van der Waals surface area (Å²) in [5, 5.41) is 38.6. The minimum atomic E-state index is -1.65. The topological polar surface area (TPSA) is 189 Å². The second kappa shape index (κ2) is 14.6. The summed E-state index contributed by atoms with van der Waals surface area (Å²) in [7, 11) is 3.11. The van der Waals surface area contributed by atoms with E-state index in [0.29, 0.717) is 12.2 Å². The van der Waals surface area contributed by atoms with E-state index in [2.05, 4.69) is 5.32 Å². The van der Waals surface area contributed by atoms with Crippen molar-refractivity contribution in [1.82, 2.24) is 5.32 Å². The average molecular weight is 493 g/mol. The van der Waals surface area contributed by atoms with Crippen molar-refractivity contribution < 1.29 is 44.3 Å². The van der Waals surface area contributed by atoms with E-state index >= 15 is 0 Å². The molecule has 2 rings (SSSR count). The van der Waals surface area contributed by atoms with Gasteiger partial charge < -0.3 is 41.0 Å². The van der Waals surface area contributed by atoms with E-state index < -0.39 is 36.2 Å². The van der Waals surface area contributed by atoms with E-state index in [1.54, 1.807) is 62.8 Å². The second-order valence-electron chi connectivity index (χ2n) is 7.64. The van der Waals surface area contributed by atoms with E-state index in [0.717, 1.165) is 16.9 Å². The fourth-order valence-electron chi connectivity index (χ4n) is 3.02. The number of carboxylic acid groups (broad SMARTS) is 2. The maximum Gasteiger partial charge on any atom is 0.334 e. The number of carbonyl (C=O) groups excluding carboxylic acids is 1. The van der Waals surface area contributed by atoms with Crippen molar-refractivity contribution in [3.63, 3.8) is 0 Å². The Morgan fingerprint density at radius 2 is 1.20 bits per heavy atom. The molecular weight excluding hydrogens is 460 g/mol. The van der Waals surface area contributed by atoms with Crippen molar-refractivity contribution in [2.24, 2.45) is 5.73 Å². The zero-order valence-corrected chi connectivity index (χ0v) is 19.7. The first kappa shape index (κ1) is 29.4. The number of amides is 1. The summed E-state index contributed by atoms with van der Waals surface area (Å²) in [5.74, 6) is -1.67. The van der Waals surface area contributed by atoms with Crippen LogP contribution in [0.15, 0.2) is 48.5 Å². The highest BCUT2D eigenvalue weighted by Crippen LogP contribution is 2.14. The van der Waals surface area contributed by atoms with Crippen molar-refractivity contribution in [3.8, 4) is 11.5 Å². The minimum Gasteiger partial charge on any atom is -0.497 e. The van der Waals surface area contributed by atoms with Crippen LogP contribution in [-0.4, -0.2) is 76.8 Å². The molecule has 11 heteroatoms. The van der Waals surface area contributed by atoms with Gasteiger partial charge in [-0.15, -0.1) is 0 Å². The smallest absolute Gasteiger partial charge is 0.334 e. The first-order valence-corrected chi connectivity index (χ1v) is 10.6. The number of nitrogens with one attached hydrogen (secondary N) is 1. The number of methoxy groups -OCH3 is 2. The highest BCUT2D eigenvalue weighted by molar-refractivity contribution is 5.77. The fraction of sp³-hybridized carbons (Fsp3) is 0.375. The lowest BCUT2D eigenvalue weighted by atomic mass is 10.0. The molecular formula is C24H32N2O9. The number of benzene rings is 2. The van der Waals surface area contributed by atoms with Gasteiger partial charge in [0, 0.05) is 13.0 Å². The number of rotatable bonds is 11. The molecule has 0 unspecified atom stereocenters. The van der Waals surface area contributed by atoms with E-state index in [-0.39, 0.29) is 12.3 Å². The predicted molar refractivity (Wildman–Crippen MR) is 126 cm³/mol. The third-order valence-electron chi connectivity index (χ3n) is 4.93. The number of hydrogen-bond acceptors (Lipinski definition) is 8. The van der Waals surface area contributed by atoms with Gasteiger partial charge in [0.05, 0.1) is 20.3 Å². The van der Waals surface area contributed by atoms with E-state index in [4.69, 9.17) is 25.4 Å². The normalized spacial score (nSPS) is 13.8. The quantitative estimate of drug-likeness (QED) is 0.253. The summed E-state index contributed by atoms with van der Waals surface area (Å²) < 4.78 is 10.00. The Kier molecular flexibility index (Phi) is 12.2. The highest BCUT2D eigenvalue weighted by Gasteiger charge is 2.26. The standard InChI is InChI=1S/C13H17NO5.C11H15NO4/c1-8(15)14-11(12(16)13(17)18)7-9-3-5-10(19-2)6-4-9;1-16-8-4-2-7(3-5-8)6-9(12)10(13)11(14)15/h3-6,11-12,16H,7H2,1-2H3,(H,14,15)(H,17,18);2-5,9-10,13H,6,12H2,1H3,(H,14,15)/t11-,12+;9-,10+/m11/s1. The zero-order chi connectivity index (χ0) is 26.5. The van der Waals surface area contributed by atoms with E-state index in [1.807, 2.05) is 0 Å². The molecule has 2 aromatic carbocycles. The molecule has 0 aliphatic carbocycles. The molecule has 192 valence electrons. The van der Waals surface area contributed by atoms with Gasteiger partial charge in [-0.3, -0.25) is 4.79 Å². The molecule has 0 aliphatic heterocycles. The van der Waals surface area contributed by atoms with Crippen LogP contribution < -0.4 is 20.5 Å². The molecule has 1 amide bonds. The Labute approximate surface area is 203 Å². The average Bonchev–Trinajstić information content (AvgIpc) is 2.83. The molecule has 0 radical (unpaired) electrons. The van der Waals surface area contributed by atoms with Crippen LogP contribution in [-0.2, 0) is 27.2 Å². The summed E-state index contributed by atoms with van der Waals surface area (Å²) in [6.07, 6.45) is -2.66. The molecule has 11 nitrogen and oxygen atoms in total. The van der Waals surface area contributed by atoms with Crippen LogP contribution in [0.4, 0.5) is 0 Å². The van der Waals surface area contributed by atoms with Gasteiger partial charge >= 0.3 is 11.9 Å². The Morgan fingerprint density at radius 3 is 1.54 bits per heavy atom. The molecule has 4 atom stereocenters. The maximum absolute atomic E-state index is 11.0. The van der Waals surface area contributed by atoms with Gasteiger partial charge in [0.1, 0.15) is 11.5 Å². The van der Waals surface area contributed by atoms with Crippen LogP contribution in [0, 0.1) is 0 Å². The van der Waals surface area contributed by atoms with Gasteiger partial charge in [-0.2, -0.15) is 0 Å². The lowest BCUT2D eigenvalue weighted by Crippen LogP contribution is -2.47. The number of ether oxygens (including phenoxy) is 2. The third-order valence-corrected chi connectivity index (χ3v) is 4.93. The first-order chi connectivity index (χ1) is 16.5. The number of carbonyl (C=O) groups is 3. The van der Waals surface area contributed by atoms with Gasteiger partial charge in [-0.05, 0) is 48.2 Å². The Morgan fingerprint density at radius 1 is 0.800 bits per heavy atom. The number of nitrogens with two attached hydrogens (primary N) is 1. The summed E-state index contributed by atoms with van der Waals surface area (Å²) in [6, 6.07) is 12.4. The molecule has 0 saturated carbocycles. The Bertz CT molecular complexity index is 948. The van der Waals surface area contributed by atoms with Crippen molar-refractivity contribution in [2.45, 2.75) is 44.1 Å². The lowest BCUT2D eigenvalue weighted by Gasteiger charge is -2.20. The predicted octanol–water partition coefficient (Wildman–Crippen LogP) is 0.198. The van der Waals surface area contributed by atoms with Gasteiger partial charge in [0.15, 0.2) is 12.2 Å². The van der Waals surface area contributed by atoms with E-state index in [1.165, 1.54) is 6.92 Å². The number of aliphatic carboxylic acids is 2. The van der Waals surface area contributed by atoms with Gasteiger partial charge in [0.2, 0.25) is 5.91 Å². The lowest BCUT2D eigenvalue weighted by molar-refractivity contribution is -0.149. The van der Waals surface area contributed by atoms with Gasteiger partial charge in [0.25, 0.3) is 0 Å². The second-order valence-corrected chi connectivity index (χ2v) is 7.64. The molecule has 0 aromatic heterocycles. The van der Waals surface area contributed by atoms with Crippen LogP contribution >= 0.6 is 0 Å². The van der Waals surface area contributed by atoms with Crippen LogP contribution in [0.3, 0.4) is 0 Å². The van der Waals surface area contributed by atoms with Crippen LogP contribution in [0.25, 0.3) is 0 Å². The van der Waals surface area contributed by atoms with Crippen LogP contribution in [0.2, 0.25) is 0 Å². The largest absolute Gasteiger partial charge is 0.497 e. The monoisotopic (exact) mass is 492 g/mol. The number of aliphatic hydroxyl groups excluding tert-OH is 2. The SMILES string of the molecule is COc1ccc(C[C@@H](N)[C@H](O)C(=O)O)cc1.COc1ccc(C[C@@H](NC(C)=O)[C@H](O)C(=O)O)cc1. The molecule has 0 spiro atoms. The highest BCUT2D eigenvalue weighted by atomic mass is 16.5. The molecule has 7 N–H and O–H groups in total. The first-order valence-electron chi connectivity index (χ1n) is 10.6. The molecule has 0 heterocycles. The molecule has 0 fully saturated rings. The molecule has 0 aliphatic rings. The zero-order valence-electron chi connectivity index (χ0n) is 19.7. The van der Waals surface area contributed by atoms with Crippen molar-refractivity contribution >= 4 is 17.8 Å². The van der Waals surface area contributed by atoms with E-state index in [9.17, 15) is 24.6 Å². The van der Waals surface area contributed by atoms with Gasteiger partial charge in [-0.1, -0.05) is 24.3 Å². The number of hydrogen-bond donors (Lipinski definition) is 6. The minimum absolute atomic E-state index is 0.219. The van der Waals surface area contributed by atoms with Crippen molar-refractivity contribution in [3.05, 3.63) is 59.7 Å². The number of carboxylic acids is 2. The molecule has 35 heavy (non-hydrogen) atoms. The Balaban J connectivity index is 0.000000355. The van der Waals surface area contributed by atoms with Crippen molar-refractivity contribution in [2.75, 3.05) is 14.2 Å². The third kappa shape index (κ3) is 10.4. The fourth-order valence-corrected chi connectivity index (χ4v) is 3.02. The number of aliphatic hydroxyl groups is 2.